The van der Waals surface area contributed by atoms with Crippen molar-refractivity contribution in [3.05, 3.63) is 49.5 Å². The number of carbonyl (C=O) groups is 1. The lowest BCUT2D eigenvalue weighted by atomic mass is 10.1. The Morgan fingerprint density at radius 3 is 2.62 bits per heavy atom. The average Bonchev–Trinajstić information content (AvgIpc) is 2.65. The number of benzene rings is 1. The van der Waals surface area contributed by atoms with Crippen molar-refractivity contribution < 1.29 is 4.79 Å². The van der Waals surface area contributed by atoms with Crippen LogP contribution in [0.15, 0.2) is 29.6 Å². The van der Waals surface area contributed by atoms with Gasteiger partial charge in [0.2, 0.25) is 0 Å². The summed E-state index contributed by atoms with van der Waals surface area (Å²) in [5.74, 6) is 0.130. The number of halogens is 1. The fraction of sp³-hybridized carbons (Fsp3) is 0.167. The molecule has 0 amide bonds. The van der Waals surface area contributed by atoms with Gasteiger partial charge in [-0.3, -0.25) is 4.79 Å². The van der Waals surface area contributed by atoms with E-state index < -0.39 is 0 Å². The van der Waals surface area contributed by atoms with E-state index in [-0.39, 0.29) is 5.78 Å². The van der Waals surface area contributed by atoms with Gasteiger partial charge in [0.15, 0.2) is 5.78 Å². The van der Waals surface area contributed by atoms with Gasteiger partial charge in [0.25, 0.3) is 0 Å². The number of aryl methyl sites for hydroxylation is 1. The predicted octanol–water partition coefficient (Wildman–Crippen LogP) is 3.48. The fourth-order valence-electron chi connectivity index (χ4n) is 1.36. The number of aromatic nitrogens is 1. The molecule has 0 bridgehead atoms. The van der Waals surface area contributed by atoms with Gasteiger partial charge in [-0.15, -0.1) is 11.3 Å². The normalized spacial score (nSPS) is 10.4. The number of Topliss-reactive ketones (excluding diaryl/α,β-unsaturated/α-hetero) is 1. The zero-order valence-electron chi connectivity index (χ0n) is 8.74. The van der Waals surface area contributed by atoms with Crippen LogP contribution in [0.25, 0.3) is 0 Å². The van der Waals surface area contributed by atoms with Crippen LogP contribution in [-0.2, 0) is 6.42 Å². The highest BCUT2D eigenvalue weighted by atomic mass is 127. The van der Waals surface area contributed by atoms with Crippen molar-refractivity contribution in [2.24, 2.45) is 0 Å². The number of rotatable bonds is 3. The number of nitrogens with zero attached hydrogens (tertiary/aromatic N) is 1. The standard InChI is InChI=1S/C12H10INOS/c1-8-7-16-12(14-8)6-11(15)9-2-4-10(13)5-3-9/h2-5,7H,6H2,1H3. The number of ketones is 1. The third-order valence-electron chi connectivity index (χ3n) is 2.14. The lowest BCUT2D eigenvalue weighted by Crippen LogP contribution is -2.03. The van der Waals surface area contributed by atoms with Gasteiger partial charge in [-0.1, -0.05) is 12.1 Å². The molecule has 1 heterocycles. The molecule has 1 aromatic heterocycles. The van der Waals surface area contributed by atoms with E-state index in [1.807, 2.05) is 36.6 Å². The lowest BCUT2D eigenvalue weighted by molar-refractivity contribution is 0.0993. The zero-order valence-corrected chi connectivity index (χ0v) is 11.7. The Morgan fingerprint density at radius 2 is 2.06 bits per heavy atom. The van der Waals surface area contributed by atoms with Crippen LogP contribution >= 0.6 is 33.9 Å². The molecule has 0 aliphatic rings. The molecule has 2 nitrogen and oxygen atoms in total. The third-order valence-corrected chi connectivity index (χ3v) is 3.83. The SMILES string of the molecule is Cc1csc(CC(=O)c2ccc(I)cc2)n1. The molecule has 4 heteroatoms. The number of hydrogen-bond donors (Lipinski definition) is 0. The quantitative estimate of drug-likeness (QED) is 0.631. The first-order valence-electron chi connectivity index (χ1n) is 4.85. The van der Waals surface area contributed by atoms with E-state index in [9.17, 15) is 4.79 Å². The van der Waals surface area contributed by atoms with Gasteiger partial charge in [-0.05, 0) is 41.6 Å². The molecule has 2 rings (SSSR count). The first-order valence-corrected chi connectivity index (χ1v) is 6.81. The lowest BCUT2D eigenvalue weighted by Gasteiger charge is -1.98. The van der Waals surface area contributed by atoms with E-state index in [2.05, 4.69) is 27.6 Å². The van der Waals surface area contributed by atoms with Crippen LogP contribution in [-0.4, -0.2) is 10.8 Å². The molecule has 0 N–H and O–H groups in total. The summed E-state index contributed by atoms with van der Waals surface area (Å²) in [5.41, 5.74) is 1.74. The van der Waals surface area contributed by atoms with Crippen LogP contribution < -0.4 is 0 Å². The molecule has 0 saturated heterocycles. The molecule has 0 radical (unpaired) electrons. The van der Waals surface area contributed by atoms with Gasteiger partial charge in [-0.25, -0.2) is 4.98 Å². The monoisotopic (exact) mass is 343 g/mol. The summed E-state index contributed by atoms with van der Waals surface area (Å²) in [5, 5.41) is 2.86. The van der Waals surface area contributed by atoms with E-state index in [4.69, 9.17) is 0 Å². The molecule has 0 saturated carbocycles. The summed E-state index contributed by atoms with van der Waals surface area (Å²) >= 11 is 3.77. The number of hydrogen-bond acceptors (Lipinski definition) is 3. The van der Waals surface area contributed by atoms with Gasteiger partial charge in [0.05, 0.1) is 6.42 Å². The maximum Gasteiger partial charge on any atom is 0.169 e. The highest BCUT2D eigenvalue weighted by Gasteiger charge is 2.09. The van der Waals surface area contributed by atoms with Crippen molar-refractivity contribution in [3.63, 3.8) is 0 Å². The van der Waals surface area contributed by atoms with E-state index >= 15 is 0 Å². The van der Waals surface area contributed by atoms with Gasteiger partial charge in [0, 0.05) is 20.2 Å². The Kier molecular flexibility index (Phi) is 3.70. The van der Waals surface area contributed by atoms with Crippen LogP contribution in [0, 0.1) is 10.5 Å². The molecular weight excluding hydrogens is 333 g/mol. The van der Waals surface area contributed by atoms with Crippen molar-refractivity contribution >= 4 is 39.7 Å². The average molecular weight is 343 g/mol. The van der Waals surface area contributed by atoms with E-state index in [1.165, 1.54) is 0 Å². The van der Waals surface area contributed by atoms with Crippen molar-refractivity contribution in [1.29, 1.82) is 0 Å². The Hall–Kier alpha value is -0.750. The van der Waals surface area contributed by atoms with Crippen LogP contribution in [0.5, 0.6) is 0 Å². The maximum absolute atomic E-state index is 11.9. The topological polar surface area (TPSA) is 30.0 Å². The maximum atomic E-state index is 11.9. The molecular formula is C12H10INOS. The fourth-order valence-corrected chi connectivity index (χ4v) is 2.49. The highest BCUT2D eigenvalue weighted by Crippen LogP contribution is 2.13. The molecule has 0 atom stereocenters. The first-order chi connectivity index (χ1) is 7.65. The molecule has 0 spiro atoms. The van der Waals surface area contributed by atoms with Gasteiger partial charge >= 0.3 is 0 Å². The van der Waals surface area contributed by atoms with Crippen LogP contribution in [0.4, 0.5) is 0 Å². The Balaban J connectivity index is 2.11. The molecule has 0 aliphatic heterocycles. The Bertz CT molecular complexity index is 504. The van der Waals surface area contributed by atoms with Crippen molar-refractivity contribution in [2.75, 3.05) is 0 Å². The summed E-state index contributed by atoms with van der Waals surface area (Å²) < 4.78 is 1.14. The molecule has 0 aliphatic carbocycles. The first kappa shape index (κ1) is 11.7. The minimum atomic E-state index is 0.130. The smallest absolute Gasteiger partial charge is 0.169 e. The van der Waals surface area contributed by atoms with Crippen molar-refractivity contribution in [2.45, 2.75) is 13.3 Å². The number of thiazole rings is 1. The van der Waals surface area contributed by atoms with Crippen LogP contribution in [0.1, 0.15) is 21.1 Å². The summed E-state index contributed by atoms with van der Waals surface area (Å²) in [7, 11) is 0. The largest absolute Gasteiger partial charge is 0.294 e. The zero-order chi connectivity index (χ0) is 11.5. The Labute approximate surface area is 112 Å². The van der Waals surface area contributed by atoms with Crippen LogP contribution in [0.3, 0.4) is 0 Å². The van der Waals surface area contributed by atoms with Gasteiger partial charge in [-0.2, -0.15) is 0 Å². The Morgan fingerprint density at radius 1 is 1.38 bits per heavy atom. The summed E-state index contributed by atoms with van der Waals surface area (Å²) in [6.07, 6.45) is 0.402. The second-order valence-corrected chi connectivity index (χ2v) is 5.68. The predicted molar refractivity (Wildman–Crippen MR) is 74.0 cm³/mol. The van der Waals surface area contributed by atoms with E-state index in [0.29, 0.717) is 6.42 Å². The van der Waals surface area contributed by atoms with Crippen LogP contribution in [0.2, 0.25) is 0 Å². The van der Waals surface area contributed by atoms with E-state index in [0.717, 1.165) is 19.8 Å². The molecule has 0 fully saturated rings. The summed E-state index contributed by atoms with van der Waals surface area (Å²) in [6.45, 7) is 1.94. The highest BCUT2D eigenvalue weighted by molar-refractivity contribution is 14.1. The second kappa shape index (κ2) is 5.05. The van der Waals surface area contributed by atoms with Gasteiger partial charge in [0.1, 0.15) is 5.01 Å². The minimum Gasteiger partial charge on any atom is -0.294 e. The van der Waals surface area contributed by atoms with Crippen molar-refractivity contribution in [3.8, 4) is 0 Å². The second-order valence-electron chi connectivity index (χ2n) is 3.49. The van der Waals surface area contributed by atoms with Gasteiger partial charge < -0.3 is 0 Å². The minimum absolute atomic E-state index is 0.130. The molecule has 2 aromatic rings. The summed E-state index contributed by atoms with van der Waals surface area (Å²) in [6, 6.07) is 7.62. The molecule has 1 aromatic carbocycles. The van der Waals surface area contributed by atoms with E-state index in [1.54, 1.807) is 11.3 Å². The molecule has 82 valence electrons. The summed E-state index contributed by atoms with van der Waals surface area (Å²) in [4.78, 5) is 16.2. The van der Waals surface area contributed by atoms with Crippen molar-refractivity contribution in [1.82, 2.24) is 4.98 Å². The molecule has 0 unspecified atom stereocenters. The number of carbonyl (C=O) groups excluding carboxylic acids is 1. The molecule has 16 heavy (non-hydrogen) atoms. The third kappa shape index (κ3) is 2.89.